The molecule has 0 aromatic heterocycles. The summed E-state index contributed by atoms with van der Waals surface area (Å²) in [6.07, 6.45) is 0. The Hall–Kier alpha value is -1.30. The first kappa shape index (κ1) is 14.1. The third kappa shape index (κ3) is 3.83. The smallest absolute Gasteiger partial charge is 0.189 e. The molecule has 19 heavy (non-hydrogen) atoms. The van der Waals surface area contributed by atoms with E-state index in [1.165, 1.54) is 0 Å². The Labute approximate surface area is 113 Å². The third-order valence-electron chi connectivity index (χ3n) is 2.91. The van der Waals surface area contributed by atoms with E-state index in [0.717, 1.165) is 16.9 Å². The second-order valence-electron chi connectivity index (χ2n) is 5.76. The summed E-state index contributed by atoms with van der Waals surface area (Å²) in [6, 6.07) is 3.80. The van der Waals surface area contributed by atoms with Crippen molar-refractivity contribution in [3.8, 4) is 5.75 Å². The average molecular weight is 266 g/mol. The number of rotatable bonds is 4. The first-order valence-corrected chi connectivity index (χ1v) is 6.38. The molecule has 1 heterocycles. The Balaban J connectivity index is 2.18. The standard InChI is InChI=1S/C14H22N2O3/c1-14(2,17)8-16(3)6-10-4-12(15)5-11-7-18-9-19-13(10)11/h4-5,17H,6-9,15H2,1-3H3. The molecule has 0 atom stereocenters. The van der Waals surface area contributed by atoms with E-state index in [0.29, 0.717) is 25.4 Å². The molecule has 2 rings (SSSR count). The normalized spacial score (nSPS) is 15.2. The summed E-state index contributed by atoms with van der Waals surface area (Å²) in [4.78, 5) is 2.05. The second kappa shape index (κ2) is 5.36. The predicted molar refractivity (Wildman–Crippen MR) is 73.8 cm³/mol. The molecule has 0 bridgehead atoms. The van der Waals surface area contributed by atoms with Crippen LogP contribution in [0.4, 0.5) is 5.69 Å². The zero-order valence-electron chi connectivity index (χ0n) is 11.8. The van der Waals surface area contributed by atoms with Gasteiger partial charge in [-0.25, -0.2) is 0 Å². The molecule has 0 saturated carbocycles. The quantitative estimate of drug-likeness (QED) is 0.805. The maximum absolute atomic E-state index is 9.84. The lowest BCUT2D eigenvalue weighted by Crippen LogP contribution is -2.36. The van der Waals surface area contributed by atoms with Crippen molar-refractivity contribution in [2.45, 2.75) is 32.6 Å². The minimum absolute atomic E-state index is 0.277. The van der Waals surface area contributed by atoms with Crippen LogP contribution in [0.5, 0.6) is 5.75 Å². The average Bonchev–Trinajstić information content (AvgIpc) is 2.25. The van der Waals surface area contributed by atoms with Crippen LogP contribution < -0.4 is 10.5 Å². The van der Waals surface area contributed by atoms with E-state index in [2.05, 4.69) is 0 Å². The number of benzene rings is 1. The van der Waals surface area contributed by atoms with Gasteiger partial charge >= 0.3 is 0 Å². The molecule has 0 fully saturated rings. The molecular formula is C14H22N2O3. The van der Waals surface area contributed by atoms with Crippen LogP contribution in [0.2, 0.25) is 0 Å². The SMILES string of the molecule is CN(Cc1cc(N)cc2c1OCOC2)CC(C)(C)O. The highest BCUT2D eigenvalue weighted by atomic mass is 16.7. The number of nitrogens with zero attached hydrogens (tertiary/aromatic N) is 1. The number of nitrogen functional groups attached to an aromatic ring is 1. The van der Waals surface area contributed by atoms with E-state index < -0.39 is 5.60 Å². The lowest BCUT2D eigenvalue weighted by molar-refractivity contribution is -0.0177. The van der Waals surface area contributed by atoms with Gasteiger partial charge in [0.1, 0.15) is 5.75 Å². The number of aliphatic hydroxyl groups is 1. The zero-order valence-corrected chi connectivity index (χ0v) is 11.8. The van der Waals surface area contributed by atoms with Gasteiger partial charge in [0.05, 0.1) is 12.2 Å². The van der Waals surface area contributed by atoms with Gasteiger partial charge in [0, 0.05) is 29.9 Å². The molecule has 0 radical (unpaired) electrons. The predicted octanol–water partition coefficient (Wildman–Crippen LogP) is 1.34. The number of likely N-dealkylation sites (N-methyl/N-ethyl adjacent to an activating group) is 1. The number of hydrogen-bond donors (Lipinski definition) is 2. The Morgan fingerprint density at radius 1 is 1.42 bits per heavy atom. The van der Waals surface area contributed by atoms with Gasteiger partial charge in [-0.15, -0.1) is 0 Å². The lowest BCUT2D eigenvalue weighted by Gasteiger charge is -2.27. The molecule has 0 spiro atoms. The van der Waals surface area contributed by atoms with Gasteiger partial charge in [-0.1, -0.05) is 0 Å². The van der Waals surface area contributed by atoms with E-state index in [4.69, 9.17) is 15.2 Å². The van der Waals surface area contributed by atoms with Crippen molar-refractivity contribution >= 4 is 5.69 Å². The molecule has 1 aromatic rings. The fraction of sp³-hybridized carbons (Fsp3) is 0.571. The maximum atomic E-state index is 9.84. The highest BCUT2D eigenvalue weighted by molar-refractivity contribution is 5.53. The highest BCUT2D eigenvalue weighted by Gasteiger charge is 2.20. The molecule has 1 aromatic carbocycles. The maximum Gasteiger partial charge on any atom is 0.189 e. The monoisotopic (exact) mass is 266 g/mol. The van der Waals surface area contributed by atoms with Crippen LogP contribution in [-0.4, -0.2) is 36.0 Å². The van der Waals surface area contributed by atoms with Gasteiger partial charge in [0.25, 0.3) is 0 Å². The number of nitrogens with two attached hydrogens (primary N) is 1. The van der Waals surface area contributed by atoms with E-state index in [1.807, 2.05) is 24.1 Å². The van der Waals surface area contributed by atoms with E-state index >= 15 is 0 Å². The van der Waals surface area contributed by atoms with Gasteiger partial charge in [-0.05, 0) is 33.0 Å². The van der Waals surface area contributed by atoms with E-state index in [9.17, 15) is 5.11 Å². The van der Waals surface area contributed by atoms with Crippen molar-refractivity contribution in [2.75, 3.05) is 26.1 Å². The van der Waals surface area contributed by atoms with Gasteiger partial charge in [0.2, 0.25) is 0 Å². The molecule has 0 aliphatic carbocycles. The van der Waals surface area contributed by atoms with Crippen LogP contribution in [0, 0.1) is 0 Å². The largest absolute Gasteiger partial charge is 0.467 e. The molecular weight excluding hydrogens is 244 g/mol. The Kier molecular flexibility index (Phi) is 3.99. The number of hydrogen-bond acceptors (Lipinski definition) is 5. The number of fused-ring (bicyclic) bond motifs is 1. The van der Waals surface area contributed by atoms with E-state index in [-0.39, 0.29) is 6.79 Å². The first-order chi connectivity index (χ1) is 8.85. The van der Waals surface area contributed by atoms with Gasteiger partial charge < -0.3 is 20.3 Å². The molecule has 1 aliphatic heterocycles. The summed E-state index contributed by atoms with van der Waals surface area (Å²) >= 11 is 0. The van der Waals surface area contributed by atoms with Crippen LogP contribution in [0.1, 0.15) is 25.0 Å². The van der Waals surface area contributed by atoms with Crippen molar-refractivity contribution in [1.29, 1.82) is 0 Å². The van der Waals surface area contributed by atoms with Gasteiger partial charge in [-0.3, -0.25) is 4.90 Å². The summed E-state index contributed by atoms with van der Waals surface area (Å²) in [5.41, 5.74) is 7.91. The van der Waals surface area contributed by atoms with Gasteiger partial charge in [0.15, 0.2) is 6.79 Å². The van der Waals surface area contributed by atoms with Crippen LogP contribution in [0.25, 0.3) is 0 Å². The summed E-state index contributed by atoms with van der Waals surface area (Å²) < 4.78 is 10.8. The summed E-state index contributed by atoms with van der Waals surface area (Å²) in [5.74, 6) is 0.864. The summed E-state index contributed by atoms with van der Waals surface area (Å²) in [7, 11) is 1.97. The molecule has 0 amide bonds. The van der Waals surface area contributed by atoms with Crippen molar-refractivity contribution in [3.63, 3.8) is 0 Å². The molecule has 3 N–H and O–H groups in total. The fourth-order valence-electron chi connectivity index (χ4n) is 2.45. The van der Waals surface area contributed by atoms with Crippen molar-refractivity contribution in [1.82, 2.24) is 4.90 Å². The summed E-state index contributed by atoms with van der Waals surface area (Å²) in [5, 5.41) is 9.84. The minimum Gasteiger partial charge on any atom is -0.467 e. The first-order valence-electron chi connectivity index (χ1n) is 6.38. The Morgan fingerprint density at radius 2 is 2.16 bits per heavy atom. The number of ether oxygens (including phenoxy) is 2. The van der Waals surface area contributed by atoms with Crippen LogP contribution in [-0.2, 0) is 17.9 Å². The van der Waals surface area contributed by atoms with Crippen LogP contribution >= 0.6 is 0 Å². The van der Waals surface area contributed by atoms with E-state index in [1.54, 1.807) is 13.8 Å². The highest BCUT2D eigenvalue weighted by Crippen LogP contribution is 2.31. The molecule has 106 valence electrons. The molecule has 5 heteroatoms. The van der Waals surface area contributed by atoms with Crippen LogP contribution in [0.3, 0.4) is 0 Å². The second-order valence-corrected chi connectivity index (χ2v) is 5.76. The van der Waals surface area contributed by atoms with Crippen LogP contribution in [0.15, 0.2) is 12.1 Å². The zero-order chi connectivity index (χ0) is 14.0. The number of anilines is 1. The van der Waals surface area contributed by atoms with Crippen molar-refractivity contribution < 1.29 is 14.6 Å². The third-order valence-corrected chi connectivity index (χ3v) is 2.91. The Bertz CT molecular complexity index is 455. The Morgan fingerprint density at radius 3 is 2.84 bits per heavy atom. The minimum atomic E-state index is -0.723. The van der Waals surface area contributed by atoms with Crippen molar-refractivity contribution in [3.05, 3.63) is 23.3 Å². The molecule has 0 unspecified atom stereocenters. The molecule has 5 nitrogen and oxygen atoms in total. The van der Waals surface area contributed by atoms with Crippen molar-refractivity contribution in [2.24, 2.45) is 0 Å². The lowest BCUT2D eigenvalue weighted by atomic mass is 10.1. The molecule has 1 aliphatic rings. The topological polar surface area (TPSA) is 68.0 Å². The van der Waals surface area contributed by atoms with Gasteiger partial charge in [-0.2, -0.15) is 0 Å². The summed E-state index contributed by atoms with van der Waals surface area (Å²) in [6.45, 7) is 5.65. The fourth-order valence-corrected chi connectivity index (χ4v) is 2.45. The molecule has 0 saturated heterocycles.